The molecule has 2 heterocycles. The van der Waals surface area contributed by atoms with Crippen LogP contribution in [0.15, 0.2) is 40.2 Å². The SMILES string of the molecule is CN(Cc1cccc(Br)c1)c1nc(N)nc2sccc12. The highest BCUT2D eigenvalue weighted by molar-refractivity contribution is 9.10. The van der Waals surface area contributed by atoms with Gasteiger partial charge in [-0.05, 0) is 29.1 Å². The van der Waals surface area contributed by atoms with Gasteiger partial charge in [0.05, 0.1) is 5.39 Å². The highest BCUT2D eigenvalue weighted by atomic mass is 79.9. The van der Waals surface area contributed by atoms with E-state index < -0.39 is 0 Å². The second-order valence-electron chi connectivity index (χ2n) is 4.53. The summed E-state index contributed by atoms with van der Waals surface area (Å²) in [5, 5.41) is 3.05. The summed E-state index contributed by atoms with van der Waals surface area (Å²) in [5.74, 6) is 1.18. The molecule has 0 aliphatic rings. The van der Waals surface area contributed by atoms with Gasteiger partial charge in [0.2, 0.25) is 5.95 Å². The van der Waals surface area contributed by atoms with Crippen LogP contribution in [-0.4, -0.2) is 17.0 Å². The number of hydrogen-bond acceptors (Lipinski definition) is 5. The van der Waals surface area contributed by atoms with Gasteiger partial charge in [0, 0.05) is 18.1 Å². The van der Waals surface area contributed by atoms with Gasteiger partial charge in [-0.15, -0.1) is 11.3 Å². The Labute approximate surface area is 129 Å². The van der Waals surface area contributed by atoms with E-state index >= 15 is 0 Å². The third-order valence-corrected chi connectivity index (χ3v) is 4.29. The molecular formula is C14H13BrN4S. The van der Waals surface area contributed by atoms with Gasteiger partial charge in [0.1, 0.15) is 10.6 Å². The highest BCUT2D eigenvalue weighted by Gasteiger charge is 2.12. The molecule has 4 nitrogen and oxygen atoms in total. The molecule has 0 unspecified atom stereocenters. The molecule has 2 aromatic heterocycles. The molecule has 0 spiro atoms. The summed E-state index contributed by atoms with van der Waals surface area (Å²) in [7, 11) is 2.01. The van der Waals surface area contributed by atoms with E-state index in [1.54, 1.807) is 11.3 Å². The maximum absolute atomic E-state index is 5.79. The summed E-state index contributed by atoms with van der Waals surface area (Å²) >= 11 is 5.07. The van der Waals surface area contributed by atoms with Crippen molar-refractivity contribution in [1.82, 2.24) is 9.97 Å². The van der Waals surface area contributed by atoms with Crippen LogP contribution in [0, 0.1) is 0 Å². The Hall–Kier alpha value is -1.66. The molecule has 0 fully saturated rings. The van der Waals surface area contributed by atoms with E-state index in [4.69, 9.17) is 5.73 Å². The number of nitrogens with zero attached hydrogens (tertiary/aromatic N) is 3. The molecule has 2 N–H and O–H groups in total. The number of hydrogen-bond donors (Lipinski definition) is 1. The summed E-state index contributed by atoms with van der Waals surface area (Å²) in [6.07, 6.45) is 0. The van der Waals surface area contributed by atoms with Crippen molar-refractivity contribution in [2.45, 2.75) is 6.54 Å². The molecule has 0 saturated heterocycles. The molecule has 102 valence electrons. The van der Waals surface area contributed by atoms with Gasteiger partial charge in [0.15, 0.2) is 0 Å². The van der Waals surface area contributed by atoms with Gasteiger partial charge in [-0.1, -0.05) is 28.1 Å². The van der Waals surface area contributed by atoms with Crippen LogP contribution < -0.4 is 10.6 Å². The van der Waals surface area contributed by atoms with Gasteiger partial charge < -0.3 is 10.6 Å². The van der Waals surface area contributed by atoms with E-state index in [1.165, 1.54) is 5.56 Å². The molecule has 0 amide bonds. The zero-order valence-corrected chi connectivity index (χ0v) is 13.3. The highest BCUT2D eigenvalue weighted by Crippen LogP contribution is 2.28. The predicted octanol–water partition coefficient (Wildman–Crippen LogP) is 3.67. The fourth-order valence-corrected chi connectivity index (χ4v) is 3.34. The van der Waals surface area contributed by atoms with Crippen molar-refractivity contribution in [1.29, 1.82) is 0 Å². The van der Waals surface area contributed by atoms with Crippen molar-refractivity contribution in [2.75, 3.05) is 17.7 Å². The average molecular weight is 349 g/mol. The average Bonchev–Trinajstić information content (AvgIpc) is 2.85. The lowest BCUT2D eigenvalue weighted by Gasteiger charge is -2.19. The van der Waals surface area contributed by atoms with E-state index in [-0.39, 0.29) is 0 Å². The molecule has 3 rings (SSSR count). The van der Waals surface area contributed by atoms with Crippen LogP contribution in [0.3, 0.4) is 0 Å². The molecule has 0 saturated carbocycles. The second kappa shape index (κ2) is 5.38. The lowest BCUT2D eigenvalue weighted by atomic mass is 10.2. The summed E-state index contributed by atoms with van der Waals surface area (Å²) in [5.41, 5.74) is 7.00. The normalized spacial score (nSPS) is 10.9. The molecule has 0 aliphatic carbocycles. The van der Waals surface area contributed by atoms with Gasteiger partial charge in [-0.2, -0.15) is 4.98 Å². The topological polar surface area (TPSA) is 55.0 Å². The molecule has 0 aliphatic heterocycles. The van der Waals surface area contributed by atoms with E-state index in [0.29, 0.717) is 5.95 Å². The minimum Gasteiger partial charge on any atom is -0.368 e. The predicted molar refractivity (Wildman–Crippen MR) is 88.1 cm³/mol. The fraction of sp³-hybridized carbons (Fsp3) is 0.143. The van der Waals surface area contributed by atoms with E-state index in [9.17, 15) is 0 Å². The number of fused-ring (bicyclic) bond motifs is 1. The van der Waals surface area contributed by atoms with E-state index in [2.05, 4.69) is 42.9 Å². The Bertz CT molecular complexity index is 756. The zero-order chi connectivity index (χ0) is 14.1. The molecular weight excluding hydrogens is 336 g/mol. The Morgan fingerprint density at radius 2 is 2.15 bits per heavy atom. The number of rotatable bonds is 3. The summed E-state index contributed by atoms with van der Waals surface area (Å²) in [6.45, 7) is 0.765. The summed E-state index contributed by atoms with van der Waals surface area (Å²) in [6, 6.07) is 10.3. The smallest absolute Gasteiger partial charge is 0.223 e. The third-order valence-electron chi connectivity index (χ3n) is 2.99. The van der Waals surface area contributed by atoms with Gasteiger partial charge in [0.25, 0.3) is 0 Å². The van der Waals surface area contributed by atoms with Crippen molar-refractivity contribution >= 4 is 49.2 Å². The van der Waals surface area contributed by atoms with Crippen molar-refractivity contribution < 1.29 is 0 Å². The second-order valence-corrected chi connectivity index (χ2v) is 6.34. The largest absolute Gasteiger partial charge is 0.368 e. The quantitative estimate of drug-likeness (QED) is 0.784. The zero-order valence-electron chi connectivity index (χ0n) is 10.9. The fourth-order valence-electron chi connectivity index (χ4n) is 2.13. The number of benzene rings is 1. The maximum atomic E-state index is 5.79. The molecule has 1 aromatic carbocycles. The minimum absolute atomic E-state index is 0.316. The minimum atomic E-state index is 0.316. The van der Waals surface area contributed by atoms with Crippen LogP contribution in [0.4, 0.5) is 11.8 Å². The summed E-state index contributed by atoms with van der Waals surface area (Å²) in [4.78, 5) is 11.6. The number of nitrogen functional groups attached to an aromatic ring is 1. The first kappa shape index (κ1) is 13.3. The number of halogens is 1. The lowest BCUT2D eigenvalue weighted by Crippen LogP contribution is -2.18. The van der Waals surface area contributed by atoms with Crippen molar-refractivity contribution in [3.05, 3.63) is 45.7 Å². The van der Waals surface area contributed by atoms with Crippen molar-refractivity contribution in [2.24, 2.45) is 0 Å². The number of aromatic nitrogens is 2. The monoisotopic (exact) mass is 348 g/mol. The molecule has 0 bridgehead atoms. The first-order chi connectivity index (χ1) is 9.63. The van der Waals surface area contributed by atoms with Crippen molar-refractivity contribution in [3.8, 4) is 0 Å². The Balaban J connectivity index is 1.96. The molecule has 3 aromatic rings. The van der Waals surface area contributed by atoms with Crippen molar-refractivity contribution in [3.63, 3.8) is 0 Å². The van der Waals surface area contributed by atoms with Gasteiger partial charge in [-0.25, -0.2) is 4.98 Å². The van der Waals surface area contributed by atoms with Gasteiger partial charge >= 0.3 is 0 Å². The lowest BCUT2D eigenvalue weighted by molar-refractivity contribution is 0.902. The van der Waals surface area contributed by atoms with Crippen LogP contribution in [0.25, 0.3) is 10.2 Å². The Morgan fingerprint density at radius 3 is 2.95 bits per heavy atom. The Kier molecular flexibility index (Phi) is 3.58. The molecule has 0 radical (unpaired) electrons. The summed E-state index contributed by atoms with van der Waals surface area (Å²) < 4.78 is 1.08. The van der Waals surface area contributed by atoms with Crippen LogP contribution in [-0.2, 0) is 6.54 Å². The molecule has 0 atom stereocenters. The standard InChI is InChI=1S/C14H13BrN4S/c1-19(8-9-3-2-4-10(15)7-9)12-11-5-6-20-13(11)18-14(16)17-12/h2-7H,8H2,1H3,(H2,16,17,18). The van der Waals surface area contributed by atoms with Crippen LogP contribution in [0.5, 0.6) is 0 Å². The first-order valence-electron chi connectivity index (χ1n) is 6.10. The van der Waals surface area contributed by atoms with E-state index in [1.807, 2.05) is 30.6 Å². The third kappa shape index (κ3) is 2.62. The maximum Gasteiger partial charge on any atom is 0.223 e. The van der Waals surface area contributed by atoms with Crippen LogP contribution in [0.2, 0.25) is 0 Å². The molecule has 6 heteroatoms. The van der Waals surface area contributed by atoms with Crippen LogP contribution in [0.1, 0.15) is 5.56 Å². The Morgan fingerprint density at radius 1 is 1.30 bits per heavy atom. The van der Waals surface area contributed by atoms with Crippen LogP contribution >= 0.6 is 27.3 Å². The molecule has 20 heavy (non-hydrogen) atoms. The number of nitrogens with two attached hydrogens (primary N) is 1. The number of thiophene rings is 1. The van der Waals surface area contributed by atoms with E-state index in [0.717, 1.165) is 27.1 Å². The number of anilines is 2. The van der Waals surface area contributed by atoms with Gasteiger partial charge in [-0.3, -0.25) is 0 Å². The first-order valence-corrected chi connectivity index (χ1v) is 7.77.